The highest BCUT2D eigenvalue weighted by molar-refractivity contribution is 5.76. The van der Waals surface area contributed by atoms with Gasteiger partial charge in [0.2, 0.25) is 6.23 Å². The molecule has 1 unspecified atom stereocenters. The molecule has 4 rings (SSSR count). The summed E-state index contributed by atoms with van der Waals surface area (Å²) in [6.45, 7) is 5.44. The number of carbonyl (C=O) groups is 1. The minimum Gasteiger partial charge on any atom is -0.319 e. The van der Waals surface area contributed by atoms with Gasteiger partial charge in [-0.1, -0.05) is 50.6 Å². The molecule has 3 aliphatic rings. The molecule has 0 N–H and O–H groups in total. The van der Waals surface area contributed by atoms with E-state index in [1.165, 1.54) is 17.9 Å². The van der Waals surface area contributed by atoms with Gasteiger partial charge in [-0.15, -0.1) is 0 Å². The first-order valence-corrected chi connectivity index (χ1v) is 7.89. The Labute approximate surface area is 125 Å². The summed E-state index contributed by atoms with van der Waals surface area (Å²) in [6, 6.07) is 10.4. The van der Waals surface area contributed by atoms with Gasteiger partial charge in [0.15, 0.2) is 0 Å². The van der Waals surface area contributed by atoms with Crippen LogP contribution in [0.2, 0.25) is 0 Å². The molecule has 0 radical (unpaired) electrons. The van der Waals surface area contributed by atoms with Gasteiger partial charge in [0.1, 0.15) is 0 Å². The molecule has 3 fully saturated rings. The van der Waals surface area contributed by atoms with Crippen LogP contribution in [0.1, 0.15) is 44.9 Å². The quantitative estimate of drug-likeness (QED) is 0.740. The predicted molar refractivity (Wildman–Crippen MR) is 79.1 cm³/mol. The zero-order valence-electron chi connectivity index (χ0n) is 12.7. The van der Waals surface area contributed by atoms with E-state index in [-0.39, 0.29) is 17.7 Å². The van der Waals surface area contributed by atoms with Gasteiger partial charge in [-0.25, -0.2) is 9.63 Å². The minimum absolute atomic E-state index is 0.0475. The fraction of sp³-hybridized carbons (Fsp3) is 0.588. The molecule has 2 saturated heterocycles. The smallest absolute Gasteiger partial charge is 0.319 e. The lowest BCUT2D eigenvalue weighted by atomic mass is 9.80. The van der Waals surface area contributed by atoms with Gasteiger partial charge in [0.05, 0.1) is 0 Å². The highest BCUT2D eigenvalue weighted by atomic mass is 16.8. The lowest BCUT2D eigenvalue weighted by Crippen LogP contribution is -2.39. The van der Waals surface area contributed by atoms with E-state index in [2.05, 4.69) is 18.7 Å². The number of carbonyl (C=O) groups excluding carboxylic acids is 1. The first-order chi connectivity index (χ1) is 10.1. The van der Waals surface area contributed by atoms with Crippen molar-refractivity contribution < 1.29 is 9.63 Å². The molecule has 1 aromatic rings. The molecule has 0 bridgehead atoms. The summed E-state index contributed by atoms with van der Waals surface area (Å²) >= 11 is 0. The molecule has 1 saturated carbocycles. The molecule has 1 aromatic carbocycles. The Kier molecular flexibility index (Phi) is 2.80. The third-order valence-electron chi connectivity index (χ3n) is 5.36. The number of urea groups is 1. The fourth-order valence-electron chi connectivity index (χ4n) is 4.27. The molecule has 4 heteroatoms. The average Bonchev–Trinajstić information content (AvgIpc) is 3.04. The number of likely N-dealkylation sites (tertiary alicyclic amines) is 1. The topological polar surface area (TPSA) is 35.9 Å². The number of hydrogen-bond acceptors (Lipinski definition) is 2. The average molecular weight is 286 g/mol. The van der Waals surface area contributed by atoms with Crippen LogP contribution in [-0.4, -0.2) is 28.6 Å². The lowest BCUT2D eigenvalue weighted by Gasteiger charge is -2.23. The Balaban J connectivity index is 1.50. The van der Waals surface area contributed by atoms with Crippen LogP contribution in [0.3, 0.4) is 0 Å². The molecule has 2 aliphatic heterocycles. The van der Waals surface area contributed by atoms with Crippen LogP contribution in [0.25, 0.3) is 0 Å². The van der Waals surface area contributed by atoms with Crippen molar-refractivity contribution in [2.24, 2.45) is 11.3 Å². The van der Waals surface area contributed by atoms with Crippen molar-refractivity contribution >= 4 is 6.03 Å². The first kappa shape index (κ1) is 13.1. The van der Waals surface area contributed by atoms with Gasteiger partial charge in [0.25, 0.3) is 0 Å². The summed E-state index contributed by atoms with van der Waals surface area (Å²) in [5.74, 6) is 0.650. The van der Waals surface area contributed by atoms with Gasteiger partial charge in [-0.2, -0.15) is 5.06 Å². The Morgan fingerprint density at radius 3 is 2.76 bits per heavy atom. The maximum atomic E-state index is 12.7. The van der Waals surface area contributed by atoms with E-state index in [4.69, 9.17) is 4.84 Å². The van der Waals surface area contributed by atoms with Crippen LogP contribution in [0, 0.1) is 11.3 Å². The van der Waals surface area contributed by atoms with Crippen molar-refractivity contribution in [1.29, 1.82) is 0 Å². The molecular weight excluding hydrogens is 264 g/mol. The largest absolute Gasteiger partial charge is 0.347 e. The normalized spacial score (nSPS) is 33.1. The zero-order chi connectivity index (χ0) is 14.6. The van der Waals surface area contributed by atoms with Crippen LogP contribution in [0.5, 0.6) is 0 Å². The summed E-state index contributed by atoms with van der Waals surface area (Å²) in [7, 11) is 0. The Hall–Kier alpha value is -1.55. The SMILES string of the molecule is CC1(C)CN(C(=O)N2OC2c2ccccc2)[C@H]2CCC[C@H]21. The van der Waals surface area contributed by atoms with Crippen LogP contribution >= 0.6 is 0 Å². The maximum absolute atomic E-state index is 12.7. The third kappa shape index (κ3) is 2.04. The van der Waals surface area contributed by atoms with Crippen molar-refractivity contribution in [3.05, 3.63) is 35.9 Å². The number of rotatable bonds is 1. The van der Waals surface area contributed by atoms with Crippen LogP contribution in [0.4, 0.5) is 4.79 Å². The third-order valence-corrected chi connectivity index (χ3v) is 5.36. The molecule has 0 spiro atoms. The minimum atomic E-state index is -0.192. The second-order valence-corrected chi connectivity index (χ2v) is 7.20. The summed E-state index contributed by atoms with van der Waals surface area (Å²) in [5, 5.41) is 1.53. The van der Waals surface area contributed by atoms with Gasteiger partial charge in [0, 0.05) is 18.2 Å². The molecule has 2 amide bonds. The van der Waals surface area contributed by atoms with Crippen molar-refractivity contribution in [2.75, 3.05) is 6.54 Å². The zero-order valence-corrected chi connectivity index (χ0v) is 12.7. The molecule has 2 heterocycles. The Bertz CT molecular complexity index is 557. The van der Waals surface area contributed by atoms with Crippen molar-refractivity contribution in [1.82, 2.24) is 9.96 Å². The van der Waals surface area contributed by atoms with E-state index in [1.807, 2.05) is 30.3 Å². The molecule has 1 aliphatic carbocycles. The van der Waals surface area contributed by atoms with E-state index in [0.717, 1.165) is 18.5 Å². The van der Waals surface area contributed by atoms with Crippen LogP contribution < -0.4 is 0 Å². The lowest BCUT2D eigenvalue weighted by molar-refractivity contribution is 0.130. The number of hydrogen-bond donors (Lipinski definition) is 0. The van der Waals surface area contributed by atoms with E-state index < -0.39 is 0 Å². The van der Waals surface area contributed by atoms with Crippen molar-refractivity contribution in [3.63, 3.8) is 0 Å². The van der Waals surface area contributed by atoms with Crippen molar-refractivity contribution in [2.45, 2.75) is 45.4 Å². The molecule has 0 aromatic heterocycles. The van der Waals surface area contributed by atoms with E-state index in [0.29, 0.717) is 12.0 Å². The predicted octanol–water partition coefficient (Wildman–Crippen LogP) is 3.56. The fourth-order valence-corrected chi connectivity index (χ4v) is 4.27. The molecule has 4 nitrogen and oxygen atoms in total. The molecule has 21 heavy (non-hydrogen) atoms. The van der Waals surface area contributed by atoms with Gasteiger partial charge >= 0.3 is 6.03 Å². The number of hydroxylamine groups is 2. The monoisotopic (exact) mass is 286 g/mol. The van der Waals surface area contributed by atoms with E-state index in [9.17, 15) is 4.79 Å². The standard InChI is InChI=1S/C17H22N2O2/c1-17(2)11-18(14-10-6-9-13(14)17)16(20)19-15(21-19)12-7-4-3-5-8-12/h3-5,7-8,13-15H,6,9-11H2,1-2H3/t13-,14+,15?,19?/m1/s1. The van der Waals surface area contributed by atoms with Gasteiger partial charge in [-0.05, 0) is 24.2 Å². The second-order valence-electron chi connectivity index (χ2n) is 7.20. The van der Waals surface area contributed by atoms with Crippen LogP contribution in [-0.2, 0) is 4.84 Å². The number of nitrogens with zero attached hydrogens (tertiary/aromatic N) is 2. The molecular formula is C17H22N2O2. The Morgan fingerprint density at radius 1 is 1.24 bits per heavy atom. The summed E-state index contributed by atoms with van der Waals surface area (Å²) < 4.78 is 0. The summed E-state index contributed by atoms with van der Waals surface area (Å²) in [4.78, 5) is 20.3. The Morgan fingerprint density at radius 2 is 2.00 bits per heavy atom. The highest BCUT2D eigenvalue weighted by Crippen LogP contribution is 2.50. The van der Waals surface area contributed by atoms with Crippen molar-refractivity contribution in [3.8, 4) is 0 Å². The summed E-state index contributed by atoms with van der Waals surface area (Å²) in [6.07, 6.45) is 3.45. The number of fused-ring (bicyclic) bond motifs is 1. The van der Waals surface area contributed by atoms with Gasteiger partial charge in [-0.3, -0.25) is 0 Å². The second kappa shape index (κ2) is 4.47. The highest BCUT2D eigenvalue weighted by Gasteiger charge is 2.54. The number of amides is 2. The molecule has 112 valence electrons. The number of benzene rings is 1. The van der Waals surface area contributed by atoms with Crippen LogP contribution in [0.15, 0.2) is 30.3 Å². The van der Waals surface area contributed by atoms with E-state index in [1.54, 1.807) is 0 Å². The maximum Gasteiger partial charge on any atom is 0.347 e. The van der Waals surface area contributed by atoms with E-state index >= 15 is 0 Å². The summed E-state index contributed by atoms with van der Waals surface area (Å²) in [5.41, 5.74) is 1.28. The molecule has 3 atom stereocenters. The van der Waals surface area contributed by atoms with Gasteiger partial charge < -0.3 is 4.90 Å². The first-order valence-electron chi connectivity index (χ1n) is 7.89.